The molecule has 2 N–H and O–H groups in total. The van der Waals surface area contributed by atoms with Crippen molar-refractivity contribution in [2.75, 3.05) is 40.9 Å². The molecule has 0 radical (unpaired) electrons. The van der Waals surface area contributed by atoms with E-state index >= 15 is 0 Å². The predicted octanol–water partition coefficient (Wildman–Crippen LogP) is 24.3. The normalized spacial score (nSPS) is 14.2. The van der Waals surface area contributed by atoms with E-state index in [-0.39, 0.29) is 31.5 Å². The van der Waals surface area contributed by atoms with Crippen molar-refractivity contribution in [3.05, 3.63) is 134 Å². The summed E-state index contributed by atoms with van der Waals surface area (Å²) in [7, 11) is 1.48. The maximum absolute atomic E-state index is 13.7. The van der Waals surface area contributed by atoms with Crippen LogP contribution in [0.15, 0.2) is 134 Å². The molecule has 3 unspecified atom stereocenters. The Kier molecular flexibility index (Phi) is 66.1. The van der Waals surface area contributed by atoms with Crippen LogP contribution in [0.2, 0.25) is 0 Å². The predicted molar refractivity (Wildman–Crippen MR) is 396 cm³/mol. The highest BCUT2D eigenvalue weighted by atomic mass is 31.2. The van der Waals surface area contributed by atoms with Crippen molar-refractivity contribution in [2.24, 2.45) is 0 Å². The molecule has 0 saturated carbocycles. The van der Waals surface area contributed by atoms with E-state index in [1.165, 1.54) is 148 Å². The van der Waals surface area contributed by atoms with Crippen molar-refractivity contribution in [3.8, 4) is 0 Å². The van der Waals surface area contributed by atoms with Crippen molar-refractivity contribution in [1.82, 2.24) is 5.32 Å². The summed E-state index contributed by atoms with van der Waals surface area (Å²) in [6, 6.07) is -0.864. The minimum Gasteiger partial charge on any atom is -0.456 e. The monoisotopic (exact) mass is 1290 g/mol. The van der Waals surface area contributed by atoms with Gasteiger partial charge in [0.25, 0.3) is 0 Å². The van der Waals surface area contributed by atoms with Crippen LogP contribution in [0, 0.1) is 0 Å². The first-order chi connectivity index (χ1) is 44.4. The van der Waals surface area contributed by atoms with E-state index in [2.05, 4.69) is 148 Å². The van der Waals surface area contributed by atoms with Crippen molar-refractivity contribution in [1.29, 1.82) is 0 Å². The third-order valence-electron chi connectivity index (χ3n) is 16.1. The van der Waals surface area contributed by atoms with Crippen LogP contribution in [0.5, 0.6) is 0 Å². The fourth-order valence-electron chi connectivity index (χ4n) is 10.4. The molecule has 91 heavy (non-hydrogen) atoms. The third kappa shape index (κ3) is 70.3. The van der Waals surface area contributed by atoms with E-state index in [1.807, 2.05) is 33.3 Å². The van der Waals surface area contributed by atoms with Gasteiger partial charge in [0.05, 0.1) is 33.8 Å². The summed E-state index contributed by atoms with van der Waals surface area (Å²) >= 11 is 0. The maximum Gasteiger partial charge on any atom is 0.472 e. The molecule has 0 aliphatic carbocycles. The van der Waals surface area contributed by atoms with Gasteiger partial charge in [0.15, 0.2) is 0 Å². The lowest BCUT2D eigenvalue weighted by Crippen LogP contribution is -2.47. The molecule has 0 aliphatic rings. The van der Waals surface area contributed by atoms with Gasteiger partial charge in [-0.3, -0.25) is 18.6 Å². The molecule has 0 saturated heterocycles. The SMILES string of the molecule is CC/C=C\C/C=C\C/C=C\C/C=C\C/C=C\CCCCCCCCCCCCCC(=O)OC(/C=C/CCCCCCCCCCCCC)C(COP(=O)(O)OCC[N+](C)(C)C)NC(=O)CCCCCCCCCCC/C=C\C/C=C\C/C=C\C/C=C\C/C=C\CC. The number of ether oxygens (including phenoxy) is 1. The number of allylic oxidation sites excluding steroid dienone is 21. The zero-order valence-electron chi connectivity index (χ0n) is 59.8. The van der Waals surface area contributed by atoms with Crippen LogP contribution >= 0.6 is 7.82 Å². The van der Waals surface area contributed by atoms with Crippen molar-refractivity contribution < 1.29 is 37.3 Å². The van der Waals surface area contributed by atoms with Crippen LogP contribution in [0.1, 0.15) is 316 Å². The van der Waals surface area contributed by atoms with Crippen molar-refractivity contribution in [2.45, 2.75) is 328 Å². The Morgan fingerprint density at radius 1 is 0.396 bits per heavy atom. The van der Waals surface area contributed by atoms with E-state index in [0.29, 0.717) is 17.4 Å². The lowest BCUT2D eigenvalue weighted by molar-refractivity contribution is -0.870. The summed E-state index contributed by atoms with van der Waals surface area (Å²) in [6.07, 6.45) is 98.9. The van der Waals surface area contributed by atoms with Gasteiger partial charge < -0.3 is 19.4 Å². The van der Waals surface area contributed by atoms with E-state index in [0.717, 1.165) is 135 Å². The van der Waals surface area contributed by atoms with Crippen molar-refractivity contribution >= 4 is 19.7 Å². The molecule has 0 heterocycles. The number of amides is 1. The Balaban J connectivity index is 5.07. The van der Waals surface area contributed by atoms with Gasteiger partial charge in [0.1, 0.15) is 19.3 Å². The van der Waals surface area contributed by atoms with E-state index in [9.17, 15) is 19.0 Å². The summed E-state index contributed by atoms with van der Waals surface area (Å²) < 4.78 is 30.9. The minimum atomic E-state index is -4.47. The zero-order valence-corrected chi connectivity index (χ0v) is 60.7. The Bertz CT molecular complexity index is 2020. The fraction of sp³-hybridized carbons (Fsp3) is 0.704. The van der Waals surface area contributed by atoms with Crippen LogP contribution in [0.25, 0.3) is 0 Å². The van der Waals surface area contributed by atoms with Gasteiger partial charge in [0.2, 0.25) is 5.91 Å². The van der Waals surface area contributed by atoms with E-state index < -0.39 is 20.0 Å². The number of nitrogens with one attached hydrogen (secondary N) is 1. The number of likely N-dealkylation sites (N-methyl/N-ethyl adjacent to an activating group) is 1. The molecule has 0 bridgehead atoms. The molecule has 0 aromatic heterocycles. The lowest BCUT2D eigenvalue weighted by Gasteiger charge is -2.27. The van der Waals surface area contributed by atoms with Crippen LogP contribution in [-0.4, -0.2) is 74.3 Å². The molecular weight excluding hydrogens is 1140 g/mol. The highest BCUT2D eigenvalue weighted by molar-refractivity contribution is 7.47. The highest BCUT2D eigenvalue weighted by Crippen LogP contribution is 2.43. The van der Waals surface area contributed by atoms with E-state index in [4.69, 9.17) is 13.8 Å². The molecule has 0 aromatic rings. The average molecular weight is 1290 g/mol. The van der Waals surface area contributed by atoms with Gasteiger partial charge in [-0.15, -0.1) is 0 Å². The molecule has 0 rings (SSSR count). The van der Waals surface area contributed by atoms with Crippen LogP contribution in [-0.2, 0) is 27.9 Å². The molecule has 10 heteroatoms. The van der Waals surface area contributed by atoms with Crippen LogP contribution in [0.3, 0.4) is 0 Å². The van der Waals surface area contributed by atoms with Crippen LogP contribution < -0.4 is 5.32 Å². The average Bonchev–Trinajstić information content (AvgIpc) is 3.73. The number of hydrogen-bond donors (Lipinski definition) is 2. The zero-order chi connectivity index (χ0) is 66.3. The number of carbonyl (C=O) groups is 2. The number of hydrogen-bond acceptors (Lipinski definition) is 6. The third-order valence-corrected chi connectivity index (χ3v) is 17.1. The standard InChI is InChI=1S/C81H141N2O7P/c1-7-10-13-16-19-22-25-28-30-32-34-36-38-40-41-43-45-47-49-51-53-56-59-62-65-68-71-74-81(85)90-79(72-69-66-63-60-57-54-27-24-21-18-15-12-9-3)78(77-89-91(86,87)88-76-75-83(4,5)6)82-80(84)73-70-67-64-61-58-55-52-50-48-46-44-42-39-37-35-33-31-29-26-23-20-17-14-11-8-2/h10-11,13-14,19-20,22-23,28-31,34-37,40-42,44,69,72,78-79H,7-9,12,15-18,21,24-27,32-33,38-39,43,45-68,70-71,73-77H2,1-6H3,(H-,82,84,86,87)/p+1/b13-10-,14-11-,22-19-,23-20-,30-28-,31-29-,36-34-,37-35-,41-40-,44-42-,72-69+. The number of nitrogens with zero attached hydrogens (tertiary/aromatic N) is 1. The maximum atomic E-state index is 13.7. The molecule has 0 spiro atoms. The fourth-order valence-corrected chi connectivity index (χ4v) is 11.1. The second kappa shape index (κ2) is 69.0. The topological polar surface area (TPSA) is 111 Å². The first-order valence-electron chi connectivity index (χ1n) is 37.5. The largest absolute Gasteiger partial charge is 0.472 e. The van der Waals surface area contributed by atoms with Crippen LogP contribution in [0.4, 0.5) is 0 Å². The molecule has 9 nitrogen and oxygen atoms in total. The summed E-state index contributed by atoms with van der Waals surface area (Å²) in [4.78, 5) is 38.0. The van der Waals surface area contributed by atoms with E-state index in [1.54, 1.807) is 0 Å². The van der Waals surface area contributed by atoms with Gasteiger partial charge in [-0.2, -0.15) is 0 Å². The number of unbranched alkanes of at least 4 members (excludes halogenated alkanes) is 31. The summed E-state index contributed by atoms with van der Waals surface area (Å²) in [5, 5.41) is 3.07. The highest BCUT2D eigenvalue weighted by Gasteiger charge is 2.30. The second-order valence-electron chi connectivity index (χ2n) is 26.1. The number of esters is 1. The quantitative estimate of drug-likeness (QED) is 0.0205. The number of carbonyl (C=O) groups excluding carboxylic acids is 2. The minimum absolute atomic E-state index is 0.0326. The molecule has 0 fully saturated rings. The Hall–Kier alpha value is -3.85. The smallest absolute Gasteiger partial charge is 0.456 e. The molecular formula is C81H142N2O7P+. The summed E-state index contributed by atoms with van der Waals surface area (Å²) in [5.74, 6) is -0.515. The number of phosphoric acid groups is 1. The first kappa shape index (κ1) is 87.2. The first-order valence-corrected chi connectivity index (χ1v) is 39.0. The molecule has 1 amide bonds. The van der Waals surface area contributed by atoms with Gasteiger partial charge in [0, 0.05) is 12.8 Å². The number of rotatable bonds is 67. The molecule has 522 valence electrons. The van der Waals surface area contributed by atoms with Gasteiger partial charge in [-0.05, 0) is 122 Å². The van der Waals surface area contributed by atoms with Gasteiger partial charge in [-0.1, -0.05) is 315 Å². The molecule has 0 aliphatic heterocycles. The second-order valence-corrected chi connectivity index (χ2v) is 27.5. The Morgan fingerprint density at radius 2 is 0.703 bits per heavy atom. The molecule has 3 atom stereocenters. The van der Waals surface area contributed by atoms with Crippen molar-refractivity contribution in [3.63, 3.8) is 0 Å². The summed E-state index contributed by atoms with van der Waals surface area (Å²) in [5.41, 5.74) is 0. The number of quaternary nitrogens is 1. The Morgan fingerprint density at radius 3 is 1.05 bits per heavy atom. The Labute approximate surface area is 562 Å². The molecule has 0 aromatic carbocycles. The van der Waals surface area contributed by atoms with Gasteiger partial charge >= 0.3 is 13.8 Å². The number of phosphoric ester groups is 1. The van der Waals surface area contributed by atoms with Gasteiger partial charge in [-0.25, -0.2) is 4.57 Å². The lowest BCUT2D eigenvalue weighted by atomic mass is 10.0. The summed E-state index contributed by atoms with van der Waals surface area (Å²) in [6.45, 7) is 6.80.